The topological polar surface area (TPSA) is 84.2 Å². The van der Waals surface area contributed by atoms with Crippen LogP contribution in [-0.2, 0) is 0 Å². The summed E-state index contributed by atoms with van der Waals surface area (Å²) in [5, 5.41) is 11.2. The Kier molecular flexibility index (Phi) is 4.72. The van der Waals surface area contributed by atoms with Crippen LogP contribution in [0.2, 0.25) is 0 Å². The van der Waals surface area contributed by atoms with Crippen LogP contribution in [0.1, 0.15) is 10.4 Å². The molecule has 0 spiro atoms. The van der Waals surface area contributed by atoms with Crippen LogP contribution in [0, 0.1) is 11.3 Å². The third-order valence-corrected chi connectivity index (χ3v) is 2.66. The van der Waals surface area contributed by atoms with Gasteiger partial charge in [0.2, 0.25) is 0 Å². The van der Waals surface area contributed by atoms with Gasteiger partial charge in [0, 0.05) is 11.9 Å². The van der Waals surface area contributed by atoms with Crippen LogP contribution in [0.4, 0.5) is 5.69 Å². The number of nitrogens with one attached hydrogen (secondary N) is 1. The number of amides is 1. The van der Waals surface area contributed by atoms with Crippen molar-refractivity contribution in [1.82, 2.24) is 4.98 Å². The number of hydrogen-bond donors (Lipinski definition) is 1. The van der Waals surface area contributed by atoms with Gasteiger partial charge in [-0.25, -0.2) is 0 Å². The molecule has 0 saturated carbocycles. The zero-order valence-corrected chi connectivity index (χ0v) is 11.4. The Morgan fingerprint density at radius 2 is 2.10 bits per heavy atom. The molecule has 0 aliphatic heterocycles. The van der Waals surface area contributed by atoms with Crippen molar-refractivity contribution in [3.63, 3.8) is 0 Å². The standard InChI is InChI=1S/C15H13N3O3/c1-20-14-10-17-8-6-13(14)15(19)18-11-2-4-12(5-3-11)21-9-7-16/h2-6,8,10H,9H2,1H3,(H,18,19). The number of anilines is 1. The van der Waals surface area contributed by atoms with Crippen molar-refractivity contribution >= 4 is 11.6 Å². The van der Waals surface area contributed by atoms with Crippen molar-refractivity contribution in [3.8, 4) is 17.6 Å². The average molecular weight is 283 g/mol. The number of pyridine rings is 1. The second kappa shape index (κ2) is 6.91. The van der Waals surface area contributed by atoms with Crippen LogP contribution in [0.25, 0.3) is 0 Å². The van der Waals surface area contributed by atoms with E-state index in [0.29, 0.717) is 22.7 Å². The maximum atomic E-state index is 12.2. The summed E-state index contributed by atoms with van der Waals surface area (Å²) in [6.07, 6.45) is 3.00. The van der Waals surface area contributed by atoms with Crippen LogP contribution < -0.4 is 14.8 Å². The maximum absolute atomic E-state index is 12.2. The molecule has 2 aromatic rings. The van der Waals surface area contributed by atoms with Gasteiger partial charge in [-0.2, -0.15) is 5.26 Å². The Hall–Kier alpha value is -3.07. The molecule has 6 heteroatoms. The van der Waals surface area contributed by atoms with Gasteiger partial charge in [-0.15, -0.1) is 0 Å². The van der Waals surface area contributed by atoms with Gasteiger partial charge in [0.1, 0.15) is 17.6 Å². The fraction of sp³-hybridized carbons (Fsp3) is 0.133. The highest BCUT2D eigenvalue weighted by Crippen LogP contribution is 2.19. The molecule has 1 aromatic heterocycles. The van der Waals surface area contributed by atoms with E-state index < -0.39 is 0 Å². The summed E-state index contributed by atoms with van der Waals surface area (Å²) in [5.41, 5.74) is 1.01. The Morgan fingerprint density at radius 3 is 2.76 bits per heavy atom. The molecule has 0 atom stereocenters. The number of benzene rings is 1. The van der Waals surface area contributed by atoms with Gasteiger partial charge >= 0.3 is 0 Å². The lowest BCUT2D eigenvalue weighted by Gasteiger charge is -2.09. The van der Waals surface area contributed by atoms with Crippen molar-refractivity contribution < 1.29 is 14.3 Å². The Balaban J connectivity index is 2.07. The van der Waals surface area contributed by atoms with E-state index in [2.05, 4.69) is 10.3 Å². The monoisotopic (exact) mass is 283 g/mol. The van der Waals surface area contributed by atoms with Crippen LogP contribution >= 0.6 is 0 Å². The van der Waals surface area contributed by atoms with Gasteiger partial charge < -0.3 is 14.8 Å². The van der Waals surface area contributed by atoms with E-state index in [9.17, 15) is 4.79 Å². The zero-order chi connectivity index (χ0) is 15.1. The highest BCUT2D eigenvalue weighted by Gasteiger charge is 2.12. The largest absolute Gasteiger partial charge is 0.494 e. The second-order valence-corrected chi connectivity index (χ2v) is 4.00. The quantitative estimate of drug-likeness (QED) is 0.909. The summed E-state index contributed by atoms with van der Waals surface area (Å²) in [5.74, 6) is 0.681. The van der Waals surface area contributed by atoms with Crippen LogP contribution in [0.15, 0.2) is 42.7 Å². The molecule has 0 fully saturated rings. The van der Waals surface area contributed by atoms with Crippen molar-refractivity contribution in [1.29, 1.82) is 5.26 Å². The number of aromatic nitrogens is 1. The highest BCUT2D eigenvalue weighted by molar-refractivity contribution is 6.06. The van der Waals surface area contributed by atoms with E-state index in [4.69, 9.17) is 14.7 Å². The molecule has 106 valence electrons. The Labute approximate surface area is 121 Å². The van der Waals surface area contributed by atoms with E-state index in [1.165, 1.54) is 19.5 Å². The summed E-state index contributed by atoms with van der Waals surface area (Å²) >= 11 is 0. The minimum Gasteiger partial charge on any atom is -0.494 e. The van der Waals surface area contributed by atoms with E-state index in [1.54, 1.807) is 30.3 Å². The van der Waals surface area contributed by atoms with Crippen LogP contribution in [0.5, 0.6) is 11.5 Å². The predicted octanol–water partition coefficient (Wildman–Crippen LogP) is 2.24. The predicted molar refractivity (Wildman–Crippen MR) is 76.3 cm³/mol. The number of rotatable bonds is 5. The number of hydrogen-bond acceptors (Lipinski definition) is 5. The third kappa shape index (κ3) is 3.70. The molecule has 21 heavy (non-hydrogen) atoms. The summed E-state index contributed by atoms with van der Waals surface area (Å²) in [6, 6.07) is 10.2. The first-order valence-corrected chi connectivity index (χ1v) is 6.13. The highest BCUT2D eigenvalue weighted by atomic mass is 16.5. The lowest BCUT2D eigenvalue weighted by Crippen LogP contribution is -2.13. The maximum Gasteiger partial charge on any atom is 0.259 e. The minimum absolute atomic E-state index is 0.0140. The SMILES string of the molecule is COc1cnccc1C(=O)Nc1ccc(OCC#N)cc1. The molecule has 1 heterocycles. The van der Waals surface area contributed by atoms with Gasteiger partial charge in [-0.1, -0.05) is 0 Å². The van der Waals surface area contributed by atoms with Gasteiger partial charge in [0.05, 0.1) is 18.9 Å². The summed E-state index contributed by atoms with van der Waals surface area (Å²) in [6.45, 7) is -0.0140. The zero-order valence-electron chi connectivity index (χ0n) is 11.4. The molecular formula is C15H13N3O3. The number of ether oxygens (including phenoxy) is 2. The van der Waals surface area contributed by atoms with Crippen molar-refractivity contribution in [2.75, 3.05) is 19.0 Å². The number of methoxy groups -OCH3 is 1. The van der Waals surface area contributed by atoms with Crippen LogP contribution in [-0.4, -0.2) is 24.6 Å². The molecule has 1 N–H and O–H groups in total. The van der Waals surface area contributed by atoms with E-state index >= 15 is 0 Å². The third-order valence-electron chi connectivity index (χ3n) is 2.66. The van der Waals surface area contributed by atoms with E-state index in [0.717, 1.165) is 0 Å². The number of carbonyl (C=O) groups is 1. The van der Waals surface area contributed by atoms with E-state index in [1.807, 2.05) is 6.07 Å². The molecule has 0 bridgehead atoms. The van der Waals surface area contributed by atoms with Crippen LogP contribution in [0.3, 0.4) is 0 Å². The summed E-state index contributed by atoms with van der Waals surface area (Å²) < 4.78 is 10.2. The molecule has 2 rings (SSSR count). The Morgan fingerprint density at radius 1 is 1.33 bits per heavy atom. The molecule has 0 radical (unpaired) electrons. The number of carbonyl (C=O) groups excluding carboxylic acids is 1. The number of nitriles is 1. The lowest BCUT2D eigenvalue weighted by molar-refractivity contribution is 0.102. The first kappa shape index (κ1) is 14.3. The normalized spacial score (nSPS) is 9.52. The van der Waals surface area contributed by atoms with E-state index in [-0.39, 0.29) is 12.5 Å². The molecule has 0 aliphatic rings. The first-order chi connectivity index (χ1) is 10.2. The second-order valence-electron chi connectivity index (χ2n) is 4.00. The molecule has 6 nitrogen and oxygen atoms in total. The molecule has 0 aliphatic carbocycles. The first-order valence-electron chi connectivity index (χ1n) is 6.13. The summed E-state index contributed by atoms with van der Waals surface area (Å²) in [7, 11) is 1.48. The Bertz CT molecular complexity index is 663. The molecule has 0 unspecified atom stereocenters. The fourth-order valence-electron chi connectivity index (χ4n) is 1.68. The van der Waals surface area contributed by atoms with Crippen molar-refractivity contribution in [3.05, 3.63) is 48.3 Å². The van der Waals surface area contributed by atoms with Gasteiger partial charge in [-0.3, -0.25) is 9.78 Å². The molecule has 1 amide bonds. The van der Waals surface area contributed by atoms with Gasteiger partial charge in [0.25, 0.3) is 5.91 Å². The smallest absolute Gasteiger partial charge is 0.259 e. The molecular weight excluding hydrogens is 270 g/mol. The average Bonchev–Trinajstić information content (AvgIpc) is 2.54. The molecule has 1 aromatic carbocycles. The lowest BCUT2D eigenvalue weighted by atomic mass is 10.2. The van der Waals surface area contributed by atoms with Gasteiger partial charge in [0.15, 0.2) is 6.61 Å². The fourth-order valence-corrected chi connectivity index (χ4v) is 1.68. The molecule has 0 saturated heterocycles. The van der Waals surface area contributed by atoms with Gasteiger partial charge in [-0.05, 0) is 30.3 Å². The minimum atomic E-state index is -0.292. The van der Waals surface area contributed by atoms with Crippen molar-refractivity contribution in [2.45, 2.75) is 0 Å². The number of nitrogens with zero attached hydrogens (tertiary/aromatic N) is 2. The summed E-state index contributed by atoms with van der Waals surface area (Å²) in [4.78, 5) is 16.1. The van der Waals surface area contributed by atoms with Crippen molar-refractivity contribution in [2.24, 2.45) is 0 Å².